The zero-order valence-corrected chi connectivity index (χ0v) is 12.8. The molecule has 0 aliphatic carbocycles. The Labute approximate surface area is 126 Å². The predicted octanol–water partition coefficient (Wildman–Crippen LogP) is 5.56. The lowest BCUT2D eigenvalue weighted by Crippen LogP contribution is -2.17. The number of thiophene rings is 1. The lowest BCUT2D eigenvalue weighted by atomic mass is 10.1. The van der Waals surface area contributed by atoms with Crippen molar-refractivity contribution in [3.8, 4) is 0 Å². The van der Waals surface area contributed by atoms with E-state index >= 15 is 0 Å². The maximum atomic E-state index is 6.18. The van der Waals surface area contributed by atoms with Crippen LogP contribution < -0.4 is 5.32 Å². The number of halogens is 3. The highest BCUT2D eigenvalue weighted by atomic mass is 35.5. The van der Waals surface area contributed by atoms with Gasteiger partial charge in [0.25, 0.3) is 0 Å². The van der Waals surface area contributed by atoms with Crippen LogP contribution in [-0.4, -0.2) is 0 Å². The molecule has 0 radical (unpaired) electrons. The lowest BCUT2D eigenvalue weighted by molar-refractivity contribution is 0.579. The summed E-state index contributed by atoms with van der Waals surface area (Å²) in [6.07, 6.45) is 0. The summed E-state index contributed by atoms with van der Waals surface area (Å²) in [5, 5.41) is 4.60. The van der Waals surface area contributed by atoms with Gasteiger partial charge < -0.3 is 5.32 Å². The van der Waals surface area contributed by atoms with Crippen molar-refractivity contribution >= 4 is 46.1 Å². The second-order valence-electron chi connectivity index (χ2n) is 3.95. The zero-order chi connectivity index (χ0) is 13.1. The molecule has 0 amide bonds. The molecular formula is C13H12Cl3NS. The van der Waals surface area contributed by atoms with E-state index in [9.17, 15) is 0 Å². The van der Waals surface area contributed by atoms with Gasteiger partial charge >= 0.3 is 0 Å². The van der Waals surface area contributed by atoms with Gasteiger partial charge in [-0.15, -0.1) is 11.3 Å². The molecule has 1 N–H and O–H groups in total. The summed E-state index contributed by atoms with van der Waals surface area (Å²) in [5.41, 5.74) is 1.01. The molecule has 1 nitrogen and oxygen atoms in total. The molecule has 0 bridgehead atoms. The van der Waals surface area contributed by atoms with E-state index in [1.54, 1.807) is 17.4 Å². The monoisotopic (exact) mass is 319 g/mol. The molecule has 18 heavy (non-hydrogen) atoms. The standard InChI is InChI=1S/C13H12Cl3NS/c1-8(10-3-2-4-11(14)13(10)16)17-7-9-5-6-12(15)18-9/h2-6,8,17H,7H2,1H3. The fraction of sp³-hybridized carbons (Fsp3) is 0.231. The van der Waals surface area contributed by atoms with Crippen LogP contribution in [-0.2, 0) is 6.54 Å². The molecule has 0 spiro atoms. The van der Waals surface area contributed by atoms with Crippen molar-refractivity contribution in [1.29, 1.82) is 0 Å². The summed E-state index contributed by atoms with van der Waals surface area (Å²) >= 11 is 19.7. The third-order valence-electron chi connectivity index (χ3n) is 2.66. The molecule has 2 rings (SSSR count). The van der Waals surface area contributed by atoms with Crippen LogP contribution in [0.3, 0.4) is 0 Å². The van der Waals surface area contributed by atoms with E-state index in [0.29, 0.717) is 10.0 Å². The highest BCUT2D eigenvalue weighted by Gasteiger charge is 2.11. The van der Waals surface area contributed by atoms with Gasteiger partial charge in [0.1, 0.15) is 0 Å². The SMILES string of the molecule is CC(NCc1ccc(Cl)s1)c1cccc(Cl)c1Cl. The Balaban J connectivity index is 2.03. The number of benzene rings is 1. The largest absolute Gasteiger partial charge is 0.305 e. The maximum Gasteiger partial charge on any atom is 0.0931 e. The number of hydrogen-bond acceptors (Lipinski definition) is 2. The van der Waals surface area contributed by atoms with Crippen LogP contribution in [0.5, 0.6) is 0 Å². The fourth-order valence-electron chi connectivity index (χ4n) is 1.67. The minimum Gasteiger partial charge on any atom is -0.305 e. The average Bonchev–Trinajstić information content (AvgIpc) is 2.76. The zero-order valence-electron chi connectivity index (χ0n) is 9.71. The summed E-state index contributed by atoms with van der Waals surface area (Å²) in [4.78, 5) is 1.20. The Hall–Kier alpha value is -0.250. The van der Waals surface area contributed by atoms with Crippen molar-refractivity contribution in [2.24, 2.45) is 0 Å². The van der Waals surface area contributed by atoms with Crippen LogP contribution in [0.4, 0.5) is 0 Å². The van der Waals surface area contributed by atoms with Gasteiger partial charge in [0, 0.05) is 17.5 Å². The number of nitrogens with one attached hydrogen (secondary N) is 1. The van der Waals surface area contributed by atoms with Crippen LogP contribution in [0, 0.1) is 0 Å². The molecule has 96 valence electrons. The van der Waals surface area contributed by atoms with E-state index in [4.69, 9.17) is 34.8 Å². The summed E-state index contributed by atoms with van der Waals surface area (Å²) in [5.74, 6) is 0. The summed E-state index contributed by atoms with van der Waals surface area (Å²) in [6, 6.07) is 9.74. The highest BCUT2D eigenvalue weighted by Crippen LogP contribution is 2.30. The molecule has 1 heterocycles. The Morgan fingerprint density at radius 1 is 1.17 bits per heavy atom. The van der Waals surface area contributed by atoms with Crippen molar-refractivity contribution in [2.75, 3.05) is 0 Å². The first-order valence-corrected chi connectivity index (χ1v) is 7.44. The van der Waals surface area contributed by atoms with Crippen molar-refractivity contribution < 1.29 is 0 Å². The van der Waals surface area contributed by atoms with Gasteiger partial charge in [-0.25, -0.2) is 0 Å². The van der Waals surface area contributed by atoms with Gasteiger partial charge in [0.15, 0.2) is 0 Å². The molecule has 0 saturated heterocycles. The molecular weight excluding hydrogens is 309 g/mol. The van der Waals surface area contributed by atoms with Gasteiger partial charge in [0.05, 0.1) is 14.4 Å². The Kier molecular flexibility index (Phi) is 4.93. The molecule has 2 aromatic rings. The Bertz CT molecular complexity index is 539. The van der Waals surface area contributed by atoms with Crippen molar-refractivity contribution in [3.05, 3.63) is 55.2 Å². The van der Waals surface area contributed by atoms with Gasteiger partial charge in [-0.05, 0) is 30.7 Å². The van der Waals surface area contributed by atoms with Crippen molar-refractivity contribution in [1.82, 2.24) is 5.32 Å². The minimum atomic E-state index is 0.136. The van der Waals surface area contributed by atoms with E-state index in [1.807, 2.05) is 24.3 Å². The normalized spacial score (nSPS) is 12.7. The van der Waals surface area contributed by atoms with E-state index < -0.39 is 0 Å². The maximum absolute atomic E-state index is 6.18. The Morgan fingerprint density at radius 3 is 2.61 bits per heavy atom. The van der Waals surface area contributed by atoms with Gasteiger partial charge in [-0.2, -0.15) is 0 Å². The first kappa shape index (κ1) is 14.2. The summed E-state index contributed by atoms with van der Waals surface area (Å²) in [7, 11) is 0. The molecule has 1 atom stereocenters. The molecule has 0 fully saturated rings. The topological polar surface area (TPSA) is 12.0 Å². The first-order valence-electron chi connectivity index (χ1n) is 5.49. The molecule has 1 unspecified atom stereocenters. The smallest absolute Gasteiger partial charge is 0.0931 e. The molecule has 5 heteroatoms. The fourth-order valence-corrected chi connectivity index (χ4v) is 3.18. The number of rotatable bonds is 4. The second kappa shape index (κ2) is 6.27. The third kappa shape index (κ3) is 3.40. The third-order valence-corrected chi connectivity index (χ3v) is 4.72. The van der Waals surface area contributed by atoms with Crippen molar-refractivity contribution in [2.45, 2.75) is 19.5 Å². The van der Waals surface area contributed by atoms with Crippen LogP contribution in [0.1, 0.15) is 23.4 Å². The highest BCUT2D eigenvalue weighted by molar-refractivity contribution is 7.16. The van der Waals surface area contributed by atoms with Crippen LogP contribution >= 0.6 is 46.1 Å². The average molecular weight is 321 g/mol. The molecule has 0 aliphatic heterocycles. The van der Waals surface area contributed by atoms with E-state index in [1.165, 1.54) is 4.88 Å². The molecule has 0 aliphatic rings. The lowest BCUT2D eigenvalue weighted by Gasteiger charge is -2.15. The van der Waals surface area contributed by atoms with Gasteiger partial charge in [-0.1, -0.05) is 46.9 Å². The van der Waals surface area contributed by atoms with Crippen LogP contribution in [0.15, 0.2) is 30.3 Å². The van der Waals surface area contributed by atoms with E-state index in [2.05, 4.69) is 12.2 Å². The molecule has 1 aromatic heterocycles. The van der Waals surface area contributed by atoms with E-state index in [-0.39, 0.29) is 6.04 Å². The predicted molar refractivity (Wildman–Crippen MR) is 81.0 cm³/mol. The minimum absolute atomic E-state index is 0.136. The molecule has 1 aromatic carbocycles. The quantitative estimate of drug-likeness (QED) is 0.777. The van der Waals surface area contributed by atoms with Gasteiger partial charge in [-0.3, -0.25) is 0 Å². The van der Waals surface area contributed by atoms with Gasteiger partial charge in [0.2, 0.25) is 0 Å². The van der Waals surface area contributed by atoms with Crippen LogP contribution in [0.2, 0.25) is 14.4 Å². The van der Waals surface area contributed by atoms with Crippen molar-refractivity contribution in [3.63, 3.8) is 0 Å². The summed E-state index contributed by atoms with van der Waals surface area (Å²) < 4.78 is 0.806. The second-order valence-corrected chi connectivity index (χ2v) is 6.54. The van der Waals surface area contributed by atoms with E-state index in [0.717, 1.165) is 16.4 Å². The number of hydrogen-bond donors (Lipinski definition) is 1. The van der Waals surface area contributed by atoms with Crippen LogP contribution in [0.25, 0.3) is 0 Å². The summed E-state index contributed by atoms with van der Waals surface area (Å²) in [6.45, 7) is 2.83. The first-order chi connectivity index (χ1) is 8.58. The molecule has 0 saturated carbocycles. The Morgan fingerprint density at radius 2 is 1.94 bits per heavy atom.